The minimum absolute atomic E-state index is 0.140. The van der Waals surface area contributed by atoms with Crippen LogP contribution in [0.25, 0.3) is 22.4 Å². The molecule has 7 nitrogen and oxygen atoms in total. The largest absolute Gasteiger partial charge is 0.353 e. The summed E-state index contributed by atoms with van der Waals surface area (Å²) < 4.78 is 15.0. The van der Waals surface area contributed by atoms with Crippen LogP contribution in [0.3, 0.4) is 0 Å². The predicted octanol–water partition coefficient (Wildman–Crippen LogP) is 3.81. The summed E-state index contributed by atoms with van der Waals surface area (Å²) in [6, 6.07) is 19.0. The fraction of sp³-hybridized carbons (Fsp3) is 0.185. The molecule has 0 saturated carbocycles. The number of hydrogen-bond donors (Lipinski definition) is 2. The van der Waals surface area contributed by atoms with Crippen molar-refractivity contribution in [3.8, 4) is 22.4 Å². The number of nitrogens with one attached hydrogen (secondary N) is 2. The Morgan fingerprint density at radius 3 is 2.34 bits per heavy atom. The highest BCUT2D eigenvalue weighted by Crippen LogP contribution is 2.28. The van der Waals surface area contributed by atoms with Gasteiger partial charge < -0.3 is 10.6 Å². The lowest BCUT2D eigenvalue weighted by Crippen LogP contribution is -2.41. The molecule has 2 aromatic carbocycles. The van der Waals surface area contributed by atoms with Gasteiger partial charge in [-0.25, -0.2) is 9.37 Å². The van der Waals surface area contributed by atoms with E-state index >= 15 is 0 Å². The maximum Gasteiger partial charge on any atom is 0.263 e. The van der Waals surface area contributed by atoms with Gasteiger partial charge in [0.1, 0.15) is 5.82 Å². The Bertz CT molecular complexity index is 1360. The standard InChI is InChI=1S/C27H26FN5O2/c1-18(34)31-23(16-19-6-4-3-5-7-19)17-30-27-32-25(21-12-14-29-15-13-21)24(26(35)33(27)2)20-8-10-22(28)11-9-20/h3-15,23H,16-17H2,1-2H3,(H,30,32)(H,31,34). The van der Waals surface area contributed by atoms with E-state index in [9.17, 15) is 14.0 Å². The highest BCUT2D eigenvalue weighted by atomic mass is 19.1. The van der Waals surface area contributed by atoms with Crippen LogP contribution >= 0.6 is 0 Å². The molecule has 0 spiro atoms. The molecule has 0 fully saturated rings. The van der Waals surface area contributed by atoms with Gasteiger partial charge in [0.2, 0.25) is 11.9 Å². The molecule has 0 radical (unpaired) electrons. The number of carbonyl (C=O) groups excluding carboxylic acids is 1. The molecule has 35 heavy (non-hydrogen) atoms. The number of amides is 1. The summed E-state index contributed by atoms with van der Waals surface area (Å²) in [7, 11) is 1.63. The first-order chi connectivity index (χ1) is 16.9. The maximum absolute atomic E-state index is 13.5. The summed E-state index contributed by atoms with van der Waals surface area (Å²) in [5.74, 6) is -0.167. The van der Waals surface area contributed by atoms with Crippen molar-refractivity contribution >= 4 is 11.9 Å². The molecule has 0 bridgehead atoms. The fourth-order valence-corrected chi connectivity index (χ4v) is 3.93. The van der Waals surface area contributed by atoms with Crippen molar-refractivity contribution < 1.29 is 9.18 Å². The van der Waals surface area contributed by atoms with Gasteiger partial charge >= 0.3 is 0 Å². The monoisotopic (exact) mass is 471 g/mol. The number of aromatic nitrogens is 3. The second-order valence-electron chi connectivity index (χ2n) is 8.23. The van der Waals surface area contributed by atoms with E-state index in [1.54, 1.807) is 43.7 Å². The molecular formula is C27H26FN5O2. The number of halogens is 1. The van der Waals surface area contributed by atoms with Crippen molar-refractivity contribution in [2.75, 3.05) is 11.9 Å². The van der Waals surface area contributed by atoms with Gasteiger partial charge in [0.15, 0.2) is 0 Å². The minimum atomic E-state index is -0.385. The fourth-order valence-electron chi connectivity index (χ4n) is 3.93. The lowest BCUT2D eigenvalue weighted by atomic mass is 10.0. The summed E-state index contributed by atoms with van der Waals surface area (Å²) in [6.07, 6.45) is 3.87. The van der Waals surface area contributed by atoms with Gasteiger partial charge in [-0.1, -0.05) is 42.5 Å². The van der Waals surface area contributed by atoms with Crippen LogP contribution in [0, 0.1) is 5.82 Å². The van der Waals surface area contributed by atoms with Crippen LogP contribution in [0.5, 0.6) is 0 Å². The first-order valence-electron chi connectivity index (χ1n) is 11.2. The van der Waals surface area contributed by atoms with Gasteiger partial charge in [-0.05, 0) is 41.8 Å². The van der Waals surface area contributed by atoms with Crippen molar-refractivity contribution in [3.05, 3.63) is 101 Å². The Balaban J connectivity index is 1.71. The average molecular weight is 472 g/mol. The van der Waals surface area contributed by atoms with Gasteiger partial charge in [-0.2, -0.15) is 0 Å². The number of carbonyl (C=O) groups is 1. The van der Waals surface area contributed by atoms with Gasteiger partial charge in [0.25, 0.3) is 5.56 Å². The van der Waals surface area contributed by atoms with E-state index < -0.39 is 0 Å². The molecule has 2 heterocycles. The van der Waals surface area contributed by atoms with Gasteiger partial charge in [-0.15, -0.1) is 0 Å². The van der Waals surface area contributed by atoms with Crippen LogP contribution in [-0.2, 0) is 18.3 Å². The quantitative estimate of drug-likeness (QED) is 0.408. The highest BCUT2D eigenvalue weighted by Gasteiger charge is 2.19. The van der Waals surface area contributed by atoms with Crippen molar-refractivity contribution in [3.63, 3.8) is 0 Å². The van der Waals surface area contributed by atoms with Crippen LogP contribution < -0.4 is 16.2 Å². The number of nitrogens with zero attached hydrogens (tertiary/aromatic N) is 3. The van der Waals surface area contributed by atoms with Crippen LogP contribution in [0.2, 0.25) is 0 Å². The summed E-state index contributed by atoms with van der Waals surface area (Å²) >= 11 is 0. The molecule has 1 amide bonds. The van der Waals surface area contributed by atoms with Gasteiger partial charge in [0.05, 0.1) is 17.3 Å². The number of hydrogen-bond acceptors (Lipinski definition) is 5. The van der Waals surface area contributed by atoms with E-state index in [4.69, 9.17) is 4.98 Å². The molecule has 0 aliphatic heterocycles. The molecule has 2 N–H and O–H groups in total. The molecule has 178 valence electrons. The van der Waals surface area contributed by atoms with Crippen molar-refractivity contribution in [2.45, 2.75) is 19.4 Å². The van der Waals surface area contributed by atoms with Crippen LogP contribution in [0.4, 0.5) is 10.3 Å². The van der Waals surface area contributed by atoms with E-state index in [0.29, 0.717) is 41.3 Å². The van der Waals surface area contributed by atoms with Crippen molar-refractivity contribution in [1.82, 2.24) is 19.9 Å². The third kappa shape index (κ3) is 5.78. The molecule has 2 aromatic heterocycles. The Labute approximate surface area is 202 Å². The molecular weight excluding hydrogens is 445 g/mol. The summed E-state index contributed by atoms with van der Waals surface area (Å²) in [5, 5.41) is 6.20. The third-order valence-electron chi connectivity index (χ3n) is 5.62. The summed E-state index contributed by atoms with van der Waals surface area (Å²) in [5.41, 5.74) is 2.91. The first-order valence-corrected chi connectivity index (χ1v) is 11.2. The Kier molecular flexibility index (Phi) is 7.30. The van der Waals surface area contributed by atoms with E-state index in [-0.39, 0.29) is 23.3 Å². The van der Waals surface area contributed by atoms with Crippen molar-refractivity contribution in [1.29, 1.82) is 0 Å². The van der Waals surface area contributed by atoms with E-state index in [0.717, 1.165) is 5.56 Å². The lowest BCUT2D eigenvalue weighted by molar-refractivity contribution is -0.119. The smallest absolute Gasteiger partial charge is 0.263 e. The van der Waals surface area contributed by atoms with Crippen LogP contribution in [0.15, 0.2) is 83.9 Å². The minimum Gasteiger partial charge on any atom is -0.353 e. The molecule has 0 aliphatic rings. The normalized spacial score (nSPS) is 11.6. The molecule has 8 heteroatoms. The third-order valence-corrected chi connectivity index (χ3v) is 5.62. The second-order valence-corrected chi connectivity index (χ2v) is 8.23. The predicted molar refractivity (Wildman–Crippen MR) is 134 cm³/mol. The van der Waals surface area contributed by atoms with E-state index in [2.05, 4.69) is 15.6 Å². The Morgan fingerprint density at radius 1 is 1.00 bits per heavy atom. The molecule has 0 aliphatic carbocycles. The zero-order chi connectivity index (χ0) is 24.8. The summed E-state index contributed by atoms with van der Waals surface area (Å²) in [6.45, 7) is 1.84. The van der Waals surface area contributed by atoms with E-state index in [1.807, 2.05) is 30.3 Å². The zero-order valence-electron chi connectivity index (χ0n) is 19.5. The van der Waals surface area contributed by atoms with E-state index in [1.165, 1.54) is 23.6 Å². The second kappa shape index (κ2) is 10.7. The van der Waals surface area contributed by atoms with Crippen LogP contribution in [-0.4, -0.2) is 33.0 Å². The zero-order valence-corrected chi connectivity index (χ0v) is 19.5. The number of pyridine rings is 1. The van der Waals surface area contributed by atoms with Crippen LogP contribution in [0.1, 0.15) is 12.5 Å². The molecule has 4 aromatic rings. The maximum atomic E-state index is 13.5. The molecule has 0 saturated heterocycles. The molecule has 1 atom stereocenters. The number of benzene rings is 2. The Morgan fingerprint density at radius 2 is 1.69 bits per heavy atom. The molecule has 4 rings (SSSR count). The van der Waals surface area contributed by atoms with Gasteiger partial charge in [0, 0.05) is 38.5 Å². The van der Waals surface area contributed by atoms with Gasteiger partial charge in [-0.3, -0.25) is 19.1 Å². The number of anilines is 1. The number of rotatable bonds is 8. The Hall–Kier alpha value is -4.33. The average Bonchev–Trinajstić information content (AvgIpc) is 2.86. The topological polar surface area (TPSA) is 88.9 Å². The highest BCUT2D eigenvalue weighted by molar-refractivity contribution is 5.80. The SMILES string of the molecule is CC(=O)NC(CNc1nc(-c2ccncc2)c(-c2ccc(F)cc2)c(=O)n1C)Cc1ccccc1. The molecule has 1 unspecified atom stereocenters. The lowest BCUT2D eigenvalue weighted by Gasteiger charge is -2.21. The first kappa shape index (κ1) is 23.8. The summed E-state index contributed by atoms with van der Waals surface area (Å²) in [4.78, 5) is 34.1. The van der Waals surface area contributed by atoms with Crippen molar-refractivity contribution in [2.24, 2.45) is 7.05 Å².